The number of halogens is 1. The van der Waals surface area contributed by atoms with Crippen LogP contribution in [0.5, 0.6) is 0 Å². The van der Waals surface area contributed by atoms with E-state index < -0.39 is 18.1 Å². The maximum absolute atomic E-state index is 11.8. The lowest BCUT2D eigenvalue weighted by Crippen LogP contribution is -2.43. The number of esters is 1. The number of benzene rings is 1. The highest BCUT2D eigenvalue weighted by molar-refractivity contribution is 9.09. The second kappa shape index (κ2) is 8.53. The van der Waals surface area contributed by atoms with Gasteiger partial charge in [0.25, 0.3) is 0 Å². The second-order valence-electron chi connectivity index (χ2n) is 3.67. The van der Waals surface area contributed by atoms with Crippen molar-refractivity contribution in [2.24, 2.45) is 0 Å². The minimum absolute atomic E-state index is 0.174. The van der Waals surface area contributed by atoms with Gasteiger partial charge in [0, 0.05) is 5.33 Å². The fourth-order valence-electron chi connectivity index (χ4n) is 1.30. The Morgan fingerprint density at radius 1 is 1.26 bits per heavy atom. The van der Waals surface area contributed by atoms with E-state index in [1.54, 1.807) is 6.92 Å². The molecule has 0 heterocycles. The van der Waals surface area contributed by atoms with Gasteiger partial charge in [-0.15, -0.1) is 0 Å². The van der Waals surface area contributed by atoms with Crippen LogP contribution in [0.3, 0.4) is 0 Å². The number of alkyl halides is 1. The van der Waals surface area contributed by atoms with Gasteiger partial charge < -0.3 is 14.8 Å². The molecule has 0 fully saturated rings. The predicted molar refractivity (Wildman–Crippen MR) is 74.0 cm³/mol. The second-order valence-corrected chi connectivity index (χ2v) is 4.31. The van der Waals surface area contributed by atoms with Gasteiger partial charge in [0.1, 0.15) is 12.6 Å². The maximum atomic E-state index is 11.8. The number of amides is 1. The van der Waals surface area contributed by atoms with Gasteiger partial charge in [-0.1, -0.05) is 46.3 Å². The van der Waals surface area contributed by atoms with E-state index in [2.05, 4.69) is 21.2 Å². The molecule has 0 aliphatic carbocycles. The zero-order chi connectivity index (χ0) is 14.1. The molecular weight excluding hydrogens is 314 g/mol. The van der Waals surface area contributed by atoms with E-state index in [0.717, 1.165) is 5.56 Å². The monoisotopic (exact) mass is 329 g/mol. The van der Waals surface area contributed by atoms with Crippen LogP contribution in [0.1, 0.15) is 12.5 Å². The number of rotatable bonds is 6. The lowest BCUT2D eigenvalue weighted by Gasteiger charge is -2.15. The van der Waals surface area contributed by atoms with Gasteiger partial charge in [0.2, 0.25) is 0 Å². The van der Waals surface area contributed by atoms with Crippen LogP contribution < -0.4 is 5.32 Å². The molecular formula is C13H16BrNO4. The molecule has 5 nitrogen and oxygen atoms in total. The lowest BCUT2D eigenvalue weighted by atomic mass is 10.2. The summed E-state index contributed by atoms with van der Waals surface area (Å²) in [5.74, 6) is -0.506. The highest BCUT2D eigenvalue weighted by atomic mass is 79.9. The number of hydrogen-bond acceptors (Lipinski definition) is 4. The van der Waals surface area contributed by atoms with E-state index in [0.29, 0.717) is 0 Å². The van der Waals surface area contributed by atoms with Crippen LogP contribution in [0.4, 0.5) is 4.79 Å². The Labute approximate surface area is 120 Å². The third-order valence-corrected chi connectivity index (χ3v) is 2.88. The van der Waals surface area contributed by atoms with Gasteiger partial charge in [-0.05, 0) is 12.5 Å². The van der Waals surface area contributed by atoms with Crippen LogP contribution in [0.2, 0.25) is 0 Å². The van der Waals surface area contributed by atoms with E-state index >= 15 is 0 Å². The molecule has 0 aliphatic rings. The van der Waals surface area contributed by atoms with Crippen molar-refractivity contribution in [1.29, 1.82) is 0 Å². The standard InChI is InChI=1S/C13H16BrNO4/c1-2-18-13(17)15-11(8-14)12(16)19-9-10-6-4-3-5-7-10/h3-7,11H,2,8-9H2,1H3,(H,15,17). The first-order chi connectivity index (χ1) is 9.17. The van der Waals surface area contributed by atoms with Crippen molar-refractivity contribution in [3.8, 4) is 0 Å². The Balaban J connectivity index is 2.43. The molecule has 6 heteroatoms. The molecule has 0 saturated carbocycles. The number of alkyl carbamates (subject to hydrolysis) is 1. The summed E-state index contributed by atoms with van der Waals surface area (Å²) in [4.78, 5) is 23.0. The van der Waals surface area contributed by atoms with E-state index in [-0.39, 0.29) is 18.5 Å². The van der Waals surface area contributed by atoms with E-state index in [1.165, 1.54) is 0 Å². The summed E-state index contributed by atoms with van der Waals surface area (Å²) in [5, 5.41) is 2.68. The van der Waals surface area contributed by atoms with Gasteiger partial charge in [-0.25, -0.2) is 9.59 Å². The molecule has 1 aromatic carbocycles. The Morgan fingerprint density at radius 2 is 1.95 bits per heavy atom. The lowest BCUT2D eigenvalue weighted by molar-refractivity contribution is -0.146. The highest BCUT2D eigenvalue weighted by Crippen LogP contribution is 2.03. The highest BCUT2D eigenvalue weighted by Gasteiger charge is 2.21. The normalized spacial score (nSPS) is 11.5. The molecule has 0 aromatic heterocycles. The Bertz CT molecular complexity index is 410. The summed E-state index contributed by atoms with van der Waals surface area (Å²) in [7, 11) is 0. The SMILES string of the molecule is CCOC(=O)NC(CBr)C(=O)OCc1ccccc1. The van der Waals surface area contributed by atoms with Crippen molar-refractivity contribution in [1.82, 2.24) is 5.32 Å². The van der Waals surface area contributed by atoms with Crippen LogP contribution in [-0.4, -0.2) is 30.0 Å². The van der Waals surface area contributed by atoms with Crippen LogP contribution in [-0.2, 0) is 20.9 Å². The Hall–Kier alpha value is -1.56. The third kappa shape index (κ3) is 5.74. The van der Waals surface area contributed by atoms with Crippen LogP contribution in [0.15, 0.2) is 30.3 Å². The first-order valence-electron chi connectivity index (χ1n) is 5.87. The third-order valence-electron chi connectivity index (χ3n) is 2.23. The van der Waals surface area contributed by atoms with Crippen LogP contribution >= 0.6 is 15.9 Å². The number of hydrogen-bond donors (Lipinski definition) is 1. The molecule has 0 spiro atoms. The predicted octanol–water partition coefficient (Wildman–Crippen LogP) is 2.24. The minimum atomic E-state index is -0.761. The molecule has 1 amide bonds. The van der Waals surface area contributed by atoms with Gasteiger partial charge in [0.15, 0.2) is 0 Å². The number of carbonyl (C=O) groups is 2. The van der Waals surface area contributed by atoms with Gasteiger partial charge in [-0.2, -0.15) is 0 Å². The molecule has 0 saturated heterocycles. The molecule has 1 atom stereocenters. The topological polar surface area (TPSA) is 64.6 Å². The summed E-state index contributed by atoms with van der Waals surface area (Å²) in [6.07, 6.45) is -0.636. The van der Waals surface area contributed by atoms with Crippen molar-refractivity contribution < 1.29 is 19.1 Å². The minimum Gasteiger partial charge on any atom is -0.459 e. The fraction of sp³-hybridized carbons (Fsp3) is 0.385. The number of carbonyl (C=O) groups excluding carboxylic acids is 2. The van der Waals surface area contributed by atoms with Crippen molar-refractivity contribution >= 4 is 28.0 Å². The summed E-state index contributed by atoms with van der Waals surface area (Å²) in [5.41, 5.74) is 0.889. The Kier molecular flexibility index (Phi) is 6.95. The van der Waals surface area contributed by atoms with Gasteiger partial charge in [-0.3, -0.25) is 0 Å². The molecule has 1 N–H and O–H groups in total. The van der Waals surface area contributed by atoms with E-state index in [1.807, 2.05) is 30.3 Å². The molecule has 0 bridgehead atoms. The van der Waals surface area contributed by atoms with Gasteiger partial charge >= 0.3 is 12.1 Å². The van der Waals surface area contributed by atoms with E-state index in [4.69, 9.17) is 9.47 Å². The quantitative estimate of drug-likeness (QED) is 0.642. The molecule has 1 aromatic rings. The average Bonchev–Trinajstić information content (AvgIpc) is 2.43. The summed E-state index contributed by atoms with van der Waals surface area (Å²) >= 11 is 3.15. The zero-order valence-electron chi connectivity index (χ0n) is 10.6. The molecule has 19 heavy (non-hydrogen) atoms. The zero-order valence-corrected chi connectivity index (χ0v) is 12.2. The summed E-state index contributed by atoms with van der Waals surface area (Å²) in [6.45, 7) is 2.12. The van der Waals surface area contributed by atoms with Crippen molar-refractivity contribution in [3.05, 3.63) is 35.9 Å². The Morgan fingerprint density at radius 3 is 2.53 bits per heavy atom. The smallest absolute Gasteiger partial charge is 0.407 e. The summed E-state index contributed by atoms with van der Waals surface area (Å²) in [6, 6.07) is 8.56. The van der Waals surface area contributed by atoms with Crippen LogP contribution in [0, 0.1) is 0 Å². The first kappa shape index (κ1) is 15.5. The molecule has 104 valence electrons. The number of nitrogens with one attached hydrogen (secondary N) is 1. The number of ether oxygens (including phenoxy) is 2. The van der Waals surface area contributed by atoms with Crippen LogP contribution in [0.25, 0.3) is 0 Å². The van der Waals surface area contributed by atoms with Crippen molar-refractivity contribution in [3.63, 3.8) is 0 Å². The molecule has 0 radical (unpaired) electrons. The van der Waals surface area contributed by atoms with Gasteiger partial charge in [0.05, 0.1) is 6.61 Å². The molecule has 0 aliphatic heterocycles. The summed E-state index contributed by atoms with van der Waals surface area (Å²) < 4.78 is 9.83. The molecule has 1 rings (SSSR count). The van der Waals surface area contributed by atoms with E-state index in [9.17, 15) is 9.59 Å². The maximum Gasteiger partial charge on any atom is 0.407 e. The molecule has 1 unspecified atom stereocenters. The first-order valence-corrected chi connectivity index (χ1v) is 6.99. The fourth-order valence-corrected chi connectivity index (χ4v) is 1.73. The average molecular weight is 330 g/mol. The van der Waals surface area contributed by atoms with Crippen molar-refractivity contribution in [2.45, 2.75) is 19.6 Å². The largest absolute Gasteiger partial charge is 0.459 e. The van der Waals surface area contributed by atoms with Crippen molar-refractivity contribution in [2.75, 3.05) is 11.9 Å².